The number of hydrogen-bond donors (Lipinski definition) is 0. The van der Waals surface area contributed by atoms with Gasteiger partial charge in [-0.2, -0.15) is 0 Å². The number of rotatable bonds is 3. The molecule has 5 heteroatoms. The Morgan fingerprint density at radius 2 is 2.06 bits per heavy atom. The lowest BCUT2D eigenvalue weighted by atomic mass is 10.2. The Hall–Kier alpha value is -1.49. The molecule has 2 aliphatic rings. The summed E-state index contributed by atoms with van der Waals surface area (Å²) in [5, 5.41) is 0. The molecule has 2 fully saturated rings. The van der Waals surface area contributed by atoms with Gasteiger partial charge in [-0.3, -0.25) is 4.79 Å². The van der Waals surface area contributed by atoms with E-state index >= 15 is 0 Å². The first kappa shape index (κ1) is 10.7. The quantitative estimate of drug-likeness (QED) is 0.729. The number of carbonyl (C=O) groups is 1. The molecule has 1 aromatic heterocycles. The molecule has 0 aromatic carbocycles. The predicted octanol–water partition coefficient (Wildman–Crippen LogP) is 1.00. The molecule has 0 atom stereocenters. The standard InChI is InChI=1S/C12H15N3O2/c16-8-11-13-10(9-1-2-9)7-12(14-11)15-3-5-17-6-4-15/h7-9H,1-6H2. The highest BCUT2D eigenvalue weighted by Crippen LogP contribution is 2.39. The van der Waals surface area contributed by atoms with Crippen molar-refractivity contribution in [1.82, 2.24) is 9.97 Å². The van der Waals surface area contributed by atoms with E-state index in [9.17, 15) is 4.79 Å². The molecule has 0 N–H and O–H groups in total. The van der Waals surface area contributed by atoms with E-state index < -0.39 is 0 Å². The zero-order valence-electron chi connectivity index (χ0n) is 9.63. The van der Waals surface area contributed by atoms with E-state index in [2.05, 4.69) is 14.9 Å². The maximum absolute atomic E-state index is 10.9. The minimum absolute atomic E-state index is 0.302. The molecule has 0 amide bonds. The molecule has 90 valence electrons. The van der Waals surface area contributed by atoms with Crippen LogP contribution in [0.15, 0.2) is 6.07 Å². The Bertz CT molecular complexity index is 426. The highest BCUT2D eigenvalue weighted by atomic mass is 16.5. The number of ether oxygens (including phenoxy) is 1. The van der Waals surface area contributed by atoms with Gasteiger partial charge in [0.25, 0.3) is 0 Å². The first-order valence-electron chi connectivity index (χ1n) is 6.03. The van der Waals surface area contributed by atoms with Crippen LogP contribution in [0.4, 0.5) is 5.82 Å². The molecule has 1 aliphatic carbocycles. The summed E-state index contributed by atoms with van der Waals surface area (Å²) in [5.74, 6) is 1.71. The SMILES string of the molecule is O=Cc1nc(C2CC2)cc(N2CCOCC2)n1. The van der Waals surface area contributed by atoms with E-state index in [-0.39, 0.29) is 0 Å². The van der Waals surface area contributed by atoms with Gasteiger partial charge in [0.15, 0.2) is 12.1 Å². The van der Waals surface area contributed by atoms with E-state index in [4.69, 9.17) is 4.74 Å². The van der Waals surface area contributed by atoms with Crippen molar-refractivity contribution in [2.45, 2.75) is 18.8 Å². The predicted molar refractivity (Wildman–Crippen MR) is 62.4 cm³/mol. The zero-order valence-corrected chi connectivity index (χ0v) is 9.63. The fourth-order valence-corrected chi connectivity index (χ4v) is 2.07. The second-order valence-corrected chi connectivity index (χ2v) is 4.50. The summed E-state index contributed by atoms with van der Waals surface area (Å²) in [6.07, 6.45) is 3.09. The fraction of sp³-hybridized carbons (Fsp3) is 0.583. The van der Waals surface area contributed by atoms with Crippen molar-refractivity contribution in [3.05, 3.63) is 17.6 Å². The lowest BCUT2D eigenvalue weighted by molar-refractivity contribution is 0.111. The Labute approximate surface area is 99.8 Å². The summed E-state index contributed by atoms with van der Waals surface area (Å²) >= 11 is 0. The minimum atomic E-state index is 0.302. The van der Waals surface area contributed by atoms with Gasteiger partial charge >= 0.3 is 0 Å². The van der Waals surface area contributed by atoms with Crippen molar-refractivity contribution in [1.29, 1.82) is 0 Å². The number of nitrogens with zero attached hydrogens (tertiary/aromatic N) is 3. The lowest BCUT2D eigenvalue weighted by Gasteiger charge is -2.28. The molecule has 1 saturated carbocycles. The van der Waals surface area contributed by atoms with E-state index in [0.29, 0.717) is 11.7 Å². The average Bonchev–Trinajstić information content (AvgIpc) is 3.23. The molecule has 3 rings (SSSR count). The van der Waals surface area contributed by atoms with E-state index in [0.717, 1.165) is 44.1 Å². The lowest BCUT2D eigenvalue weighted by Crippen LogP contribution is -2.37. The molecule has 2 heterocycles. The summed E-state index contributed by atoms with van der Waals surface area (Å²) in [6, 6.07) is 2.02. The summed E-state index contributed by atoms with van der Waals surface area (Å²) in [4.78, 5) is 21.6. The van der Waals surface area contributed by atoms with Gasteiger partial charge in [-0.15, -0.1) is 0 Å². The Kier molecular flexibility index (Phi) is 2.76. The second kappa shape index (κ2) is 4.41. The van der Waals surface area contributed by atoms with Crippen molar-refractivity contribution >= 4 is 12.1 Å². The summed E-state index contributed by atoms with van der Waals surface area (Å²) in [5.41, 5.74) is 1.02. The molecular weight excluding hydrogens is 218 g/mol. The number of aldehydes is 1. The number of aromatic nitrogens is 2. The molecule has 0 bridgehead atoms. The van der Waals surface area contributed by atoms with Crippen LogP contribution < -0.4 is 4.90 Å². The van der Waals surface area contributed by atoms with Crippen LogP contribution in [0.1, 0.15) is 35.1 Å². The number of hydrogen-bond acceptors (Lipinski definition) is 5. The van der Waals surface area contributed by atoms with Gasteiger partial charge in [-0.1, -0.05) is 0 Å². The van der Waals surface area contributed by atoms with Gasteiger partial charge in [-0.25, -0.2) is 9.97 Å². The van der Waals surface area contributed by atoms with Crippen molar-refractivity contribution < 1.29 is 9.53 Å². The normalized spacial score (nSPS) is 20.4. The van der Waals surface area contributed by atoms with E-state index in [1.807, 2.05) is 6.07 Å². The van der Waals surface area contributed by atoms with Crippen molar-refractivity contribution in [2.24, 2.45) is 0 Å². The van der Waals surface area contributed by atoms with Gasteiger partial charge in [0.2, 0.25) is 0 Å². The Morgan fingerprint density at radius 3 is 2.71 bits per heavy atom. The third kappa shape index (κ3) is 2.29. The number of morpholine rings is 1. The maximum Gasteiger partial charge on any atom is 0.194 e. The fourth-order valence-electron chi connectivity index (χ4n) is 2.07. The van der Waals surface area contributed by atoms with Crippen LogP contribution in [-0.4, -0.2) is 42.6 Å². The van der Waals surface area contributed by atoms with Crippen molar-refractivity contribution in [2.75, 3.05) is 31.2 Å². The molecule has 0 spiro atoms. The molecular formula is C12H15N3O2. The van der Waals surface area contributed by atoms with Gasteiger partial charge in [0.1, 0.15) is 5.82 Å². The van der Waals surface area contributed by atoms with E-state index in [1.165, 1.54) is 12.8 Å². The van der Waals surface area contributed by atoms with Crippen LogP contribution in [0, 0.1) is 0 Å². The molecule has 5 nitrogen and oxygen atoms in total. The first-order valence-corrected chi connectivity index (χ1v) is 6.03. The summed E-state index contributed by atoms with van der Waals surface area (Å²) in [6.45, 7) is 3.11. The number of anilines is 1. The third-order valence-electron chi connectivity index (χ3n) is 3.19. The van der Waals surface area contributed by atoms with Crippen LogP contribution in [-0.2, 0) is 4.74 Å². The molecule has 1 saturated heterocycles. The average molecular weight is 233 g/mol. The monoisotopic (exact) mass is 233 g/mol. The van der Waals surface area contributed by atoms with Crippen LogP contribution in [0.3, 0.4) is 0 Å². The topological polar surface area (TPSA) is 55.3 Å². The minimum Gasteiger partial charge on any atom is -0.378 e. The summed E-state index contributed by atoms with van der Waals surface area (Å²) in [7, 11) is 0. The Morgan fingerprint density at radius 1 is 1.29 bits per heavy atom. The van der Waals surface area contributed by atoms with Gasteiger partial charge < -0.3 is 9.64 Å². The van der Waals surface area contributed by atoms with Gasteiger partial charge in [0, 0.05) is 30.8 Å². The first-order chi connectivity index (χ1) is 8.36. The second-order valence-electron chi connectivity index (χ2n) is 4.50. The molecule has 0 radical (unpaired) electrons. The molecule has 0 unspecified atom stereocenters. The highest BCUT2D eigenvalue weighted by molar-refractivity contribution is 5.70. The molecule has 1 aromatic rings. The molecule has 1 aliphatic heterocycles. The number of carbonyl (C=O) groups excluding carboxylic acids is 1. The van der Waals surface area contributed by atoms with Crippen molar-refractivity contribution in [3.63, 3.8) is 0 Å². The smallest absolute Gasteiger partial charge is 0.194 e. The third-order valence-corrected chi connectivity index (χ3v) is 3.19. The van der Waals surface area contributed by atoms with Crippen LogP contribution in [0.25, 0.3) is 0 Å². The van der Waals surface area contributed by atoms with E-state index in [1.54, 1.807) is 0 Å². The Balaban J connectivity index is 1.90. The maximum atomic E-state index is 10.9. The summed E-state index contributed by atoms with van der Waals surface area (Å²) < 4.78 is 5.31. The zero-order chi connectivity index (χ0) is 11.7. The van der Waals surface area contributed by atoms with Crippen LogP contribution >= 0.6 is 0 Å². The van der Waals surface area contributed by atoms with Crippen LogP contribution in [0.2, 0.25) is 0 Å². The van der Waals surface area contributed by atoms with Crippen molar-refractivity contribution in [3.8, 4) is 0 Å². The largest absolute Gasteiger partial charge is 0.378 e. The van der Waals surface area contributed by atoms with Crippen LogP contribution in [0.5, 0.6) is 0 Å². The van der Waals surface area contributed by atoms with Gasteiger partial charge in [-0.05, 0) is 12.8 Å². The van der Waals surface area contributed by atoms with Gasteiger partial charge in [0.05, 0.1) is 13.2 Å². The molecule has 17 heavy (non-hydrogen) atoms. The highest BCUT2D eigenvalue weighted by Gasteiger charge is 2.27.